The van der Waals surface area contributed by atoms with Crippen molar-refractivity contribution in [1.82, 2.24) is 4.98 Å². The molecule has 20 heavy (non-hydrogen) atoms. The number of hydrogen-bond donors (Lipinski definition) is 4. The van der Waals surface area contributed by atoms with E-state index in [1.807, 2.05) is 6.07 Å². The van der Waals surface area contributed by atoms with Crippen molar-refractivity contribution in [2.75, 3.05) is 18.5 Å². The van der Waals surface area contributed by atoms with Crippen LogP contribution in [0.2, 0.25) is 0 Å². The first-order valence-electron chi connectivity index (χ1n) is 6.12. The van der Waals surface area contributed by atoms with Gasteiger partial charge in [-0.3, -0.25) is 0 Å². The molecule has 0 aliphatic rings. The number of aliphatic hydroxyl groups is 2. The minimum atomic E-state index is -1.13. The Morgan fingerprint density at radius 2 is 1.95 bits per heavy atom. The van der Waals surface area contributed by atoms with Crippen LogP contribution in [0.5, 0.6) is 0 Å². The SMILES string of the molecule is CC(CO)(CO)Nc1cc(C(=O)O)nc2ccccc12. The van der Waals surface area contributed by atoms with Crippen LogP contribution in [-0.2, 0) is 0 Å². The molecule has 0 amide bonds. The van der Waals surface area contributed by atoms with E-state index in [1.165, 1.54) is 6.07 Å². The molecule has 1 heterocycles. The summed E-state index contributed by atoms with van der Waals surface area (Å²) in [6, 6.07) is 8.48. The van der Waals surface area contributed by atoms with Crippen molar-refractivity contribution in [3.63, 3.8) is 0 Å². The summed E-state index contributed by atoms with van der Waals surface area (Å²) in [7, 11) is 0. The molecule has 0 saturated carbocycles. The predicted octanol–water partition coefficient (Wildman–Crippen LogP) is 1.09. The standard InChI is InChI=1S/C14H16N2O4/c1-14(7-17,8-18)16-11-6-12(13(19)20)15-10-5-3-2-4-9(10)11/h2-6,17-18H,7-8H2,1H3,(H,15,16)(H,19,20). The predicted molar refractivity (Wildman–Crippen MR) is 74.9 cm³/mol. The van der Waals surface area contributed by atoms with Gasteiger partial charge in [0.25, 0.3) is 0 Å². The molecule has 6 heteroatoms. The number of rotatable bonds is 5. The first kappa shape index (κ1) is 14.2. The fraction of sp³-hybridized carbons (Fsp3) is 0.286. The zero-order valence-electron chi connectivity index (χ0n) is 11.0. The van der Waals surface area contributed by atoms with Gasteiger partial charge in [0.1, 0.15) is 0 Å². The topological polar surface area (TPSA) is 103 Å². The van der Waals surface area contributed by atoms with E-state index < -0.39 is 11.5 Å². The number of para-hydroxylation sites is 1. The van der Waals surface area contributed by atoms with Gasteiger partial charge in [0.2, 0.25) is 0 Å². The van der Waals surface area contributed by atoms with E-state index in [4.69, 9.17) is 5.11 Å². The zero-order valence-corrected chi connectivity index (χ0v) is 11.0. The molecular weight excluding hydrogens is 260 g/mol. The maximum Gasteiger partial charge on any atom is 0.354 e. The lowest BCUT2D eigenvalue weighted by Crippen LogP contribution is -2.42. The van der Waals surface area contributed by atoms with E-state index in [9.17, 15) is 15.0 Å². The normalized spacial score (nSPS) is 11.6. The Hall–Kier alpha value is -2.18. The lowest BCUT2D eigenvalue weighted by molar-refractivity contribution is 0.0691. The van der Waals surface area contributed by atoms with E-state index in [0.29, 0.717) is 11.2 Å². The molecule has 2 aromatic rings. The van der Waals surface area contributed by atoms with Crippen molar-refractivity contribution in [2.24, 2.45) is 0 Å². The number of carboxylic acid groups (broad SMARTS) is 1. The molecule has 0 bridgehead atoms. The number of aromatic carboxylic acids is 1. The van der Waals surface area contributed by atoms with E-state index in [0.717, 1.165) is 5.39 Å². The quantitative estimate of drug-likeness (QED) is 0.652. The molecule has 0 saturated heterocycles. The Morgan fingerprint density at radius 3 is 2.55 bits per heavy atom. The number of aromatic nitrogens is 1. The third-order valence-corrected chi connectivity index (χ3v) is 3.07. The monoisotopic (exact) mass is 276 g/mol. The summed E-state index contributed by atoms with van der Waals surface area (Å²) in [5.41, 5.74) is 0.0102. The average molecular weight is 276 g/mol. The van der Waals surface area contributed by atoms with Gasteiger partial charge in [-0.1, -0.05) is 18.2 Å². The minimum Gasteiger partial charge on any atom is -0.477 e. The highest BCUT2D eigenvalue weighted by Gasteiger charge is 2.23. The summed E-state index contributed by atoms with van der Waals surface area (Å²) >= 11 is 0. The molecule has 0 spiro atoms. The lowest BCUT2D eigenvalue weighted by atomic mass is 10.0. The van der Waals surface area contributed by atoms with Crippen molar-refractivity contribution in [1.29, 1.82) is 0 Å². The van der Waals surface area contributed by atoms with Crippen molar-refractivity contribution in [3.05, 3.63) is 36.0 Å². The van der Waals surface area contributed by atoms with Crippen LogP contribution in [0, 0.1) is 0 Å². The summed E-state index contributed by atoms with van der Waals surface area (Å²) in [6.45, 7) is 1.06. The van der Waals surface area contributed by atoms with Gasteiger partial charge < -0.3 is 20.6 Å². The molecule has 0 aliphatic heterocycles. The Morgan fingerprint density at radius 1 is 1.30 bits per heavy atom. The van der Waals surface area contributed by atoms with Crippen LogP contribution < -0.4 is 5.32 Å². The Balaban J connectivity index is 2.58. The molecule has 4 N–H and O–H groups in total. The third-order valence-electron chi connectivity index (χ3n) is 3.07. The largest absolute Gasteiger partial charge is 0.477 e. The summed E-state index contributed by atoms with van der Waals surface area (Å²) in [6.07, 6.45) is 0. The molecule has 1 aromatic carbocycles. The molecule has 0 fully saturated rings. The van der Waals surface area contributed by atoms with Crippen LogP contribution in [0.25, 0.3) is 10.9 Å². The smallest absolute Gasteiger partial charge is 0.354 e. The Bertz CT molecular complexity index is 638. The van der Waals surface area contributed by atoms with Crippen LogP contribution in [0.4, 0.5) is 5.69 Å². The maximum absolute atomic E-state index is 11.1. The van der Waals surface area contributed by atoms with Crippen molar-refractivity contribution < 1.29 is 20.1 Å². The van der Waals surface area contributed by atoms with Gasteiger partial charge in [-0.2, -0.15) is 0 Å². The van der Waals surface area contributed by atoms with Gasteiger partial charge in [-0.05, 0) is 19.1 Å². The summed E-state index contributed by atoms with van der Waals surface area (Å²) in [5.74, 6) is -1.13. The molecule has 0 aliphatic carbocycles. The number of aliphatic hydroxyl groups excluding tert-OH is 2. The van der Waals surface area contributed by atoms with Crippen LogP contribution in [0.15, 0.2) is 30.3 Å². The van der Waals surface area contributed by atoms with Gasteiger partial charge in [-0.15, -0.1) is 0 Å². The highest BCUT2D eigenvalue weighted by Crippen LogP contribution is 2.26. The number of anilines is 1. The van der Waals surface area contributed by atoms with Crippen LogP contribution in [0.3, 0.4) is 0 Å². The van der Waals surface area contributed by atoms with Crippen LogP contribution in [-0.4, -0.2) is 45.0 Å². The highest BCUT2D eigenvalue weighted by atomic mass is 16.4. The van der Waals surface area contributed by atoms with Gasteiger partial charge in [0.15, 0.2) is 5.69 Å². The van der Waals surface area contributed by atoms with Crippen molar-refractivity contribution >= 4 is 22.6 Å². The molecule has 1 aromatic heterocycles. The molecule has 2 rings (SSSR count). The second kappa shape index (κ2) is 5.44. The second-order valence-electron chi connectivity index (χ2n) is 4.88. The van der Waals surface area contributed by atoms with Crippen LogP contribution in [0.1, 0.15) is 17.4 Å². The van der Waals surface area contributed by atoms with Gasteiger partial charge in [-0.25, -0.2) is 9.78 Å². The van der Waals surface area contributed by atoms with E-state index in [1.54, 1.807) is 25.1 Å². The summed E-state index contributed by atoms with van der Waals surface area (Å²) < 4.78 is 0. The fourth-order valence-corrected chi connectivity index (χ4v) is 1.84. The Kier molecular flexibility index (Phi) is 3.87. The van der Waals surface area contributed by atoms with Crippen LogP contribution >= 0.6 is 0 Å². The molecule has 106 valence electrons. The van der Waals surface area contributed by atoms with Crippen molar-refractivity contribution in [2.45, 2.75) is 12.5 Å². The molecule has 0 unspecified atom stereocenters. The number of carbonyl (C=O) groups is 1. The van der Waals surface area contributed by atoms with Gasteiger partial charge >= 0.3 is 5.97 Å². The van der Waals surface area contributed by atoms with E-state index >= 15 is 0 Å². The number of fused-ring (bicyclic) bond motifs is 1. The first-order chi connectivity index (χ1) is 9.49. The van der Waals surface area contributed by atoms with E-state index in [-0.39, 0.29) is 18.9 Å². The number of pyridine rings is 1. The fourth-order valence-electron chi connectivity index (χ4n) is 1.84. The maximum atomic E-state index is 11.1. The third kappa shape index (κ3) is 2.71. The van der Waals surface area contributed by atoms with Gasteiger partial charge in [0, 0.05) is 11.1 Å². The van der Waals surface area contributed by atoms with Crippen molar-refractivity contribution in [3.8, 4) is 0 Å². The number of nitrogens with one attached hydrogen (secondary N) is 1. The minimum absolute atomic E-state index is 0.0931. The summed E-state index contributed by atoms with van der Waals surface area (Å²) in [4.78, 5) is 15.2. The number of benzene rings is 1. The number of nitrogens with zero attached hydrogens (tertiary/aromatic N) is 1. The Labute approximate surface area is 115 Å². The average Bonchev–Trinajstić information content (AvgIpc) is 2.46. The highest BCUT2D eigenvalue weighted by molar-refractivity contribution is 5.97. The molecular formula is C14H16N2O4. The van der Waals surface area contributed by atoms with E-state index in [2.05, 4.69) is 10.3 Å². The zero-order chi connectivity index (χ0) is 14.8. The van der Waals surface area contributed by atoms with Gasteiger partial charge in [0.05, 0.1) is 24.3 Å². The molecule has 0 atom stereocenters. The second-order valence-corrected chi connectivity index (χ2v) is 4.88. The number of carboxylic acids is 1. The summed E-state index contributed by atoms with van der Waals surface area (Å²) in [5, 5.41) is 31.5. The lowest BCUT2D eigenvalue weighted by Gasteiger charge is -2.28. The first-order valence-corrected chi connectivity index (χ1v) is 6.12. The number of hydrogen-bond acceptors (Lipinski definition) is 5. The molecule has 6 nitrogen and oxygen atoms in total. The molecule has 0 radical (unpaired) electrons.